The third-order valence-electron chi connectivity index (χ3n) is 6.66. The van der Waals surface area contributed by atoms with Crippen molar-refractivity contribution in [1.29, 1.82) is 0 Å². The molecule has 0 saturated heterocycles. The lowest BCUT2D eigenvalue weighted by Crippen LogP contribution is -2.50. The SMILES string of the molecule is CCCNC(=O)[C@H](Cc1ccccc1)N(Cc1ccc(F)cc1)C(=O)CCCN(c1ccc(OC)c(Cl)c1)S(C)(=O)=O. The number of carbonyl (C=O) groups is 2. The standard InChI is InChI=1S/C31H37ClFN3O5S/c1-4-18-34-31(38)28(20-23-9-6-5-7-10-23)35(22-24-12-14-25(33)15-13-24)30(37)11-8-19-36(42(3,39)40)26-16-17-29(41-2)27(32)21-26/h5-7,9-10,12-17,21,28H,4,8,11,18-20,22H2,1-3H3,(H,34,38)/t28-/m0/s1. The van der Waals surface area contributed by atoms with E-state index >= 15 is 0 Å². The summed E-state index contributed by atoms with van der Waals surface area (Å²) in [5, 5.41) is 3.17. The second-order valence-electron chi connectivity index (χ2n) is 9.90. The van der Waals surface area contributed by atoms with E-state index in [2.05, 4.69) is 5.32 Å². The fraction of sp³-hybridized carbons (Fsp3) is 0.355. The van der Waals surface area contributed by atoms with E-state index in [0.29, 0.717) is 23.5 Å². The van der Waals surface area contributed by atoms with Gasteiger partial charge in [-0.2, -0.15) is 0 Å². The highest BCUT2D eigenvalue weighted by molar-refractivity contribution is 7.92. The highest BCUT2D eigenvalue weighted by Crippen LogP contribution is 2.30. The molecule has 0 aliphatic heterocycles. The van der Waals surface area contributed by atoms with Crippen LogP contribution in [0.5, 0.6) is 5.75 Å². The number of rotatable bonds is 15. The van der Waals surface area contributed by atoms with Gasteiger partial charge in [-0.05, 0) is 54.3 Å². The van der Waals surface area contributed by atoms with Gasteiger partial charge < -0.3 is 15.0 Å². The number of ether oxygens (including phenoxy) is 1. The van der Waals surface area contributed by atoms with E-state index in [0.717, 1.165) is 18.2 Å². The van der Waals surface area contributed by atoms with Crippen LogP contribution in [-0.4, -0.2) is 57.6 Å². The van der Waals surface area contributed by atoms with Crippen LogP contribution in [0.25, 0.3) is 0 Å². The van der Waals surface area contributed by atoms with E-state index in [1.807, 2.05) is 37.3 Å². The summed E-state index contributed by atoms with van der Waals surface area (Å²) in [5.74, 6) is -0.612. The zero-order valence-electron chi connectivity index (χ0n) is 24.1. The first kappa shape index (κ1) is 32.9. The number of amides is 2. The molecule has 8 nitrogen and oxygen atoms in total. The van der Waals surface area contributed by atoms with Gasteiger partial charge in [-0.25, -0.2) is 12.8 Å². The summed E-state index contributed by atoms with van der Waals surface area (Å²) < 4.78 is 45.3. The smallest absolute Gasteiger partial charge is 0.243 e. The zero-order chi connectivity index (χ0) is 30.7. The summed E-state index contributed by atoms with van der Waals surface area (Å²) in [5.41, 5.74) is 1.89. The summed E-state index contributed by atoms with van der Waals surface area (Å²) >= 11 is 6.24. The molecule has 2 amide bonds. The number of halogens is 2. The monoisotopic (exact) mass is 617 g/mol. The molecule has 0 aliphatic carbocycles. The summed E-state index contributed by atoms with van der Waals surface area (Å²) in [4.78, 5) is 28.7. The Morgan fingerprint density at radius 3 is 2.31 bits per heavy atom. The fourth-order valence-corrected chi connectivity index (χ4v) is 5.73. The van der Waals surface area contributed by atoms with Crippen molar-refractivity contribution in [3.8, 4) is 5.75 Å². The maximum absolute atomic E-state index is 13.8. The second-order valence-corrected chi connectivity index (χ2v) is 12.2. The normalized spacial score (nSPS) is 11.9. The molecule has 42 heavy (non-hydrogen) atoms. The minimum absolute atomic E-state index is 0.0169. The van der Waals surface area contributed by atoms with Gasteiger partial charge in [0.2, 0.25) is 21.8 Å². The van der Waals surface area contributed by atoms with Crippen LogP contribution >= 0.6 is 11.6 Å². The predicted octanol–water partition coefficient (Wildman–Crippen LogP) is 5.20. The largest absolute Gasteiger partial charge is 0.495 e. The average molecular weight is 618 g/mol. The summed E-state index contributed by atoms with van der Waals surface area (Å²) in [6.07, 6.45) is 2.25. The van der Waals surface area contributed by atoms with Gasteiger partial charge in [-0.3, -0.25) is 13.9 Å². The number of methoxy groups -OCH3 is 1. The Hall–Kier alpha value is -3.63. The van der Waals surface area contributed by atoms with Crippen molar-refractivity contribution in [3.05, 3.63) is 94.8 Å². The number of carbonyl (C=O) groups excluding carboxylic acids is 2. The molecule has 3 aromatic carbocycles. The van der Waals surface area contributed by atoms with E-state index in [1.165, 1.54) is 34.5 Å². The number of hydrogen-bond donors (Lipinski definition) is 1. The van der Waals surface area contributed by atoms with Gasteiger partial charge in [0, 0.05) is 32.5 Å². The van der Waals surface area contributed by atoms with Gasteiger partial charge in [-0.15, -0.1) is 0 Å². The molecule has 1 atom stereocenters. The van der Waals surface area contributed by atoms with Crippen LogP contribution < -0.4 is 14.4 Å². The summed E-state index contributed by atoms with van der Waals surface area (Å²) in [6, 6.07) is 19.0. The van der Waals surface area contributed by atoms with Gasteiger partial charge in [0.25, 0.3) is 0 Å². The van der Waals surface area contributed by atoms with Crippen molar-refractivity contribution in [2.45, 2.75) is 45.2 Å². The predicted molar refractivity (Wildman–Crippen MR) is 164 cm³/mol. The summed E-state index contributed by atoms with van der Waals surface area (Å²) in [7, 11) is -2.23. The van der Waals surface area contributed by atoms with Crippen LogP contribution in [0, 0.1) is 5.82 Å². The van der Waals surface area contributed by atoms with E-state index in [4.69, 9.17) is 16.3 Å². The van der Waals surface area contributed by atoms with Crippen LogP contribution in [-0.2, 0) is 32.6 Å². The first-order chi connectivity index (χ1) is 20.0. The topological polar surface area (TPSA) is 96.0 Å². The molecular weight excluding hydrogens is 581 g/mol. The molecule has 0 bridgehead atoms. The van der Waals surface area contributed by atoms with Crippen LogP contribution in [0.1, 0.15) is 37.3 Å². The maximum atomic E-state index is 13.8. The minimum atomic E-state index is -3.70. The van der Waals surface area contributed by atoms with Crippen molar-refractivity contribution in [3.63, 3.8) is 0 Å². The molecule has 0 aromatic heterocycles. The molecule has 226 valence electrons. The van der Waals surface area contributed by atoms with E-state index in [1.54, 1.807) is 24.3 Å². The molecular formula is C31H37ClFN3O5S. The zero-order valence-corrected chi connectivity index (χ0v) is 25.6. The Labute approximate surface area is 252 Å². The Bertz CT molecular complexity index is 1440. The van der Waals surface area contributed by atoms with Crippen molar-refractivity contribution >= 4 is 39.1 Å². The molecule has 11 heteroatoms. The van der Waals surface area contributed by atoms with Gasteiger partial charge in [0.1, 0.15) is 17.6 Å². The third kappa shape index (κ3) is 9.46. The number of sulfonamides is 1. The Morgan fingerprint density at radius 1 is 1.02 bits per heavy atom. The first-order valence-electron chi connectivity index (χ1n) is 13.7. The minimum Gasteiger partial charge on any atom is -0.495 e. The molecule has 3 aromatic rings. The lowest BCUT2D eigenvalue weighted by molar-refractivity contribution is -0.141. The van der Waals surface area contributed by atoms with Crippen molar-refractivity contribution < 1.29 is 27.1 Å². The quantitative estimate of drug-likeness (QED) is 0.253. The highest BCUT2D eigenvalue weighted by atomic mass is 35.5. The highest BCUT2D eigenvalue weighted by Gasteiger charge is 2.30. The van der Waals surface area contributed by atoms with Crippen LogP contribution in [0.2, 0.25) is 5.02 Å². The lowest BCUT2D eigenvalue weighted by Gasteiger charge is -2.32. The molecule has 1 N–H and O–H groups in total. The second kappa shape index (κ2) is 15.6. The van der Waals surface area contributed by atoms with E-state index in [-0.39, 0.29) is 49.2 Å². The van der Waals surface area contributed by atoms with Crippen molar-refractivity contribution in [2.24, 2.45) is 0 Å². The van der Waals surface area contributed by atoms with E-state index in [9.17, 15) is 22.4 Å². The molecule has 3 rings (SSSR count). The van der Waals surface area contributed by atoms with Crippen LogP contribution in [0.3, 0.4) is 0 Å². The van der Waals surface area contributed by atoms with Crippen molar-refractivity contribution in [2.75, 3.05) is 30.8 Å². The Morgan fingerprint density at radius 2 is 1.71 bits per heavy atom. The molecule has 0 aliphatic rings. The van der Waals surface area contributed by atoms with Crippen LogP contribution in [0.4, 0.5) is 10.1 Å². The average Bonchev–Trinajstić information content (AvgIpc) is 2.96. The molecule has 0 unspecified atom stereocenters. The molecule has 0 fully saturated rings. The third-order valence-corrected chi connectivity index (χ3v) is 8.15. The molecule has 0 saturated carbocycles. The maximum Gasteiger partial charge on any atom is 0.243 e. The Kier molecular flexibility index (Phi) is 12.2. The fourth-order valence-electron chi connectivity index (χ4n) is 4.52. The summed E-state index contributed by atoms with van der Waals surface area (Å²) in [6.45, 7) is 2.50. The van der Waals surface area contributed by atoms with Crippen LogP contribution in [0.15, 0.2) is 72.8 Å². The van der Waals surface area contributed by atoms with Gasteiger partial charge in [0.15, 0.2) is 0 Å². The van der Waals surface area contributed by atoms with E-state index < -0.39 is 21.9 Å². The van der Waals surface area contributed by atoms with Gasteiger partial charge >= 0.3 is 0 Å². The first-order valence-corrected chi connectivity index (χ1v) is 15.9. The molecule has 0 heterocycles. The van der Waals surface area contributed by atoms with Gasteiger partial charge in [-0.1, -0.05) is 61.0 Å². The number of anilines is 1. The van der Waals surface area contributed by atoms with Gasteiger partial charge in [0.05, 0.1) is 24.1 Å². The number of hydrogen-bond acceptors (Lipinski definition) is 5. The molecule has 0 radical (unpaired) electrons. The lowest BCUT2D eigenvalue weighted by atomic mass is 10.0. The molecule has 0 spiro atoms. The Balaban J connectivity index is 1.87. The van der Waals surface area contributed by atoms with Crippen molar-refractivity contribution in [1.82, 2.24) is 10.2 Å². The number of nitrogens with one attached hydrogen (secondary N) is 1. The number of benzene rings is 3. The number of nitrogens with zero attached hydrogens (tertiary/aromatic N) is 2.